The first kappa shape index (κ1) is 29.1. The number of aromatic nitrogens is 2. The maximum absolute atomic E-state index is 14.2. The van der Waals surface area contributed by atoms with E-state index in [1.807, 2.05) is 74.5 Å². The number of hydrogen-bond acceptors (Lipinski definition) is 5. The van der Waals surface area contributed by atoms with Crippen LogP contribution in [0.5, 0.6) is 5.75 Å². The van der Waals surface area contributed by atoms with Crippen molar-refractivity contribution in [3.8, 4) is 11.4 Å². The van der Waals surface area contributed by atoms with Gasteiger partial charge in [0.25, 0.3) is 11.5 Å². The van der Waals surface area contributed by atoms with Crippen LogP contribution in [0.2, 0.25) is 0 Å². The number of benzene rings is 3. The molecule has 0 aliphatic carbocycles. The molecule has 1 N–H and O–H groups in total. The molecule has 0 bridgehead atoms. The number of para-hydroxylation sites is 1. The molecule has 1 atom stereocenters. The zero-order chi connectivity index (χ0) is 31.0. The Hall–Kier alpha value is -4.95. The molecule has 0 fully saturated rings. The van der Waals surface area contributed by atoms with E-state index in [-0.39, 0.29) is 11.5 Å². The third-order valence-corrected chi connectivity index (χ3v) is 8.84. The molecule has 0 radical (unpaired) electrons. The maximum Gasteiger partial charge on any atom is 0.271 e. The molecule has 2 aromatic heterocycles. The predicted molar refractivity (Wildman–Crippen MR) is 176 cm³/mol. The Morgan fingerprint density at radius 2 is 1.68 bits per heavy atom. The number of anilines is 1. The van der Waals surface area contributed by atoms with Gasteiger partial charge in [0.2, 0.25) is 0 Å². The lowest BCUT2D eigenvalue weighted by Crippen LogP contribution is -2.40. The first-order valence-electron chi connectivity index (χ1n) is 14.6. The normalized spacial score (nSPS) is 14.8. The molecule has 6 rings (SSSR count). The van der Waals surface area contributed by atoms with E-state index in [1.54, 1.807) is 4.57 Å². The molecular weight excluding hydrogens is 568 g/mol. The molecule has 44 heavy (non-hydrogen) atoms. The Bertz CT molecular complexity index is 2070. The average molecular weight is 603 g/mol. The van der Waals surface area contributed by atoms with E-state index in [0.29, 0.717) is 32.9 Å². The fourth-order valence-electron chi connectivity index (χ4n) is 5.73. The Morgan fingerprint density at radius 3 is 2.36 bits per heavy atom. The Labute approximate surface area is 260 Å². The number of nitrogens with one attached hydrogen (secondary N) is 1. The summed E-state index contributed by atoms with van der Waals surface area (Å²) < 4.78 is 10.1. The van der Waals surface area contributed by atoms with Crippen LogP contribution in [0.1, 0.15) is 48.0 Å². The Kier molecular flexibility index (Phi) is 7.93. The van der Waals surface area contributed by atoms with E-state index in [0.717, 1.165) is 34.0 Å². The van der Waals surface area contributed by atoms with Gasteiger partial charge in [-0.3, -0.25) is 14.2 Å². The third-order valence-electron chi connectivity index (χ3n) is 7.85. The highest BCUT2D eigenvalue weighted by molar-refractivity contribution is 7.07. The van der Waals surface area contributed by atoms with Crippen molar-refractivity contribution < 1.29 is 9.53 Å². The summed E-state index contributed by atoms with van der Waals surface area (Å²) in [5, 5.41) is 3.00. The van der Waals surface area contributed by atoms with Crippen LogP contribution in [-0.4, -0.2) is 21.6 Å². The van der Waals surface area contributed by atoms with E-state index in [2.05, 4.69) is 61.0 Å². The largest absolute Gasteiger partial charge is 0.494 e. The van der Waals surface area contributed by atoms with E-state index < -0.39 is 6.04 Å². The number of fused-ring (bicyclic) bond motifs is 1. The van der Waals surface area contributed by atoms with Crippen LogP contribution in [0, 0.1) is 20.8 Å². The van der Waals surface area contributed by atoms with Crippen LogP contribution in [0.3, 0.4) is 0 Å². The van der Waals surface area contributed by atoms with Gasteiger partial charge >= 0.3 is 0 Å². The number of nitrogens with zero attached hydrogens (tertiary/aromatic N) is 3. The SMILES string of the molecule is CCOc1ccc([C@H]2C(C(=O)Nc3ccccc3)=C(C)N=c3s/c(=C\c4cc(C)n(-c5ccc(C)cc5)c4C)c(=O)n32)cc1. The monoisotopic (exact) mass is 602 g/mol. The number of carbonyl (C=O) groups is 1. The topological polar surface area (TPSA) is 77.6 Å². The summed E-state index contributed by atoms with van der Waals surface area (Å²) in [5.41, 5.74) is 7.63. The van der Waals surface area contributed by atoms with Crippen LogP contribution >= 0.6 is 11.3 Å². The molecule has 1 aliphatic rings. The van der Waals surface area contributed by atoms with Gasteiger partial charge < -0.3 is 14.6 Å². The molecular formula is C36H34N4O3S. The number of rotatable bonds is 7. The first-order valence-corrected chi connectivity index (χ1v) is 15.4. The number of allylic oxidation sites excluding steroid dienone is 1. The molecule has 1 aliphatic heterocycles. The summed E-state index contributed by atoms with van der Waals surface area (Å²) in [6.45, 7) is 10.5. The lowest BCUT2D eigenvalue weighted by molar-refractivity contribution is -0.113. The average Bonchev–Trinajstić information content (AvgIpc) is 3.47. The summed E-state index contributed by atoms with van der Waals surface area (Å²) in [6.07, 6.45) is 1.94. The molecule has 3 aromatic carbocycles. The molecule has 7 nitrogen and oxygen atoms in total. The van der Waals surface area contributed by atoms with E-state index in [9.17, 15) is 9.59 Å². The second kappa shape index (κ2) is 12.0. The van der Waals surface area contributed by atoms with Gasteiger partial charge in [-0.05, 0) is 94.3 Å². The molecule has 222 valence electrons. The van der Waals surface area contributed by atoms with Gasteiger partial charge in [0.1, 0.15) is 5.75 Å². The van der Waals surface area contributed by atoms with E-state index in [4.69, 9.17) is 9.73 Å². The molecule has 0 saturated carbocycles. The quantitative estimate of drug-likeness (QED) is 0.249. The molecule has 8 heteroatoms. The summed E-state index contributed by atoms with van der Waals surface area (Å²) in [7, 11) is 0. The van der Waals surface area contributed by atoms with Gasteiger partial charge in [0.05, 0.1) is 28.5 Å². The number of hydrogen-bond donors (Lipinski definition) is 1. The fraction of sp³-hybridized carbons (Fsp3) is 0.194. The van der Waals surface area contributed by atoms with Crippen molar-refractivity contribution in [1.29, 1.82) is 0 Å². The van der Waals surface area contributed by atoms with Gasteiger partial charge in [-0.2, -0.15) is 0 Å². The minimum absolute atomic E-state index is 0.190. The number of aryl methyl sites for hydroxylation is 2. The molecule has 0 saturated heterocycles. The molecule has 3 heterocycles. The van der Waals surface area contributed by atoms with Crippen molar-refractivity contribution >= 4 is 29.0 Å². The molecule has 0 spiro atoms. The summed E-state index contributed by atoms with van der Waals surface area (Å²) in [6, 6.07) is 26.7. The Morgan fingerprint density at radius 1 is 0.977 bits per heavy atom. The standard InChI is InChI=1S/C36H34N4O3S/c1-6-43-30-18-14-26(15-19-30)33-32(34(41)38-28-10-8-7-9-11-28)24(4)37-36-40(33)35(42)31(44-36)21-27-20-23(3)39(25(27)5)29-16-12-22(2)13-17-29/h7-21,33H,6H2,1-5H3,(H,38,41)/b31-21-/t33-/m0/s1. The van der Waals surface area contributed by atoms with Crippen LogP contribution in [-0.2, 0) is 4.79 Å². The summed E-state index contributed by atoms with van der Waals surface area (Å²) in [5.74, 6) is 0.427. The van der Waals surface area contributed by atoms with Crippen LogP contribution in [0.15, 0.2) is 106 Å². The minimum atomic E-state index is -0.659. The van der Waals surface area contributed by atoms with Crippen molar-refractivity contribution in [2.24, 2.45) is 4.99 Å². The lowest BCUT2D eigenvalue weighted by atomic mass is 9.95. The Balaban J connectivity index is 1.48. The van der Waals surface area contributed by atoms with Crippen molar-refractivity contribution in [2.75, 3.05) is 11.9 Å². The van der Waals surface area contributed by atoms with Crippen LogP contribution in [0.4, 0.5) is 5.69 Å². The number of thiazole rings is 1. The van der Waals surface area contributed by atoms with Crippen molar-refractivity contribution in [2.45, 2.75) is 40.7 Å². The molecule has 5 aromatic rings. The predicted octanol–water partition coefficient (Wildman–Crippen LogP) is 5.99. The van der Waals surface area contributed by atoms with Gasteiger partial charge in [-0.15, -0.1) is 0 Å². The zero-order valence-corrected chi connectivity index (χ0v) is 26.2. The number of carbonyl (C=O) groups excluding carboxylic acids is 1. The molecule has 0 unspecified atom stereocenters. The van der Waals surface area contributed by atoms with Crippen LogP contribution < -0.4 is 24.9 Å². The minimum Gasteiger partial charge on any atom is -0.494 e. The van der Waals surface area contributed by atoms with Crippen molar-refractivity contribution in [3.05, 3.63) is 144 Å². The van der Waals surface area contributed by atoms with E-state index >= 15 is 0 Å². The van der Waals surface area contributed by atoms with Crippen molar-refractivity contribution in [3.63, 3.8) is 0 Å². The first-order chi connectivity index (χ1) is 21.2. The second-order valence-electron chi connectivity index (χ2n) is 10.9. The zero-order valence-electron chi connectivity index (χ0n) is 25.4. The number of amides is 1. The summed E-state index contributed by atoms with van der Waals surface area (Å²) >= 11 is 1.34. The molecule has 1 amide bonds. The van der Waals surface area contributed by atoms with Crippen LogP contribution in [0.25, 0.3) is 11.8 Å². The highest BCUT2D eigenvalue weighted by Gasteiger charge is 2.32. The fourth-order valence-corrected chi connectivity index (χ4v) is 6.76. The summed E-state index contributed by atoms with van der Waals surface area (Å²) in [4.78, 5) is 33.4. The smallest absolute Gasteiger partial charge is 0.271 e. The van der Waals surface area contributed by atoms with Crippen molar-refractivity contribution in [1.82, 2.24) is 9.13 Å². The lowest BCUT2D eigenvalue weighted by Gasteiger charge is -2.25. The van der Waals surface area contributed by atoms with E-state index in [1.165, 1.54) is 16.9 Å². The highest BCUT2D eigenvalue weighted by atomic mass is 32.1. The van der Waals surface area contributed by atoms with Gasteiger partial charge in [-0.25, -0.2) is 4.99 Å². The maximum atomic E-state index is 14.2. The van der Waals surface area contributed by atoms with Gasteiger partial charge in [-0.1, -0.05) is 59.4 Å². The van der Waals surface area contributed by atoms with Gasteiger partial charge in [0.15, 0.2) is 4.80 Å². The van der Waals surface area contributed by atoms with Gasteiger partial charge in [0, 0.05) is 22.8 Å². The number of ether oxygens (including phenoxy) is 1. The third kappa shape index (κ3) is 5.44. The highest BCUT2D eigenvalue weighted by Crippen LogP contribution is 2.32. The second-order valence-corrected chi connectivity index (χ2v) is 11.9.